The zero-order valence-corrected chi connectivity index (χ0v) is 13.5. The highest BCUT2D eigenvalue weighted by Gasteiger charge is 2.16. The first kappa shape index (κ1) is 17.2. The van der Waals surface area contributed by atoms with E-state index in [2.05, 4.69) is 32.8 Å². The molecule has 0 spiro atoms. The molecule has 6 heteroatoms. The van der Waals surface area contributed by atoms with Crippen LogP contribution in [0.5, 0.6) is 0 Å². The lowest BCUT2D eigenvalue weighted by atomic mass is 10.1. The van der Waals surface area contributed by atoms with Crippen molar-refractivity contribution < 1.29 is 4.79 Å². The first-order valence-electron chi connectivity index (χ1n) is 7.75. The number of carbonyl (C=O) groups is 1. The van der Waals surface area contributed by atoms with Gasteiger partial charge in [-0.1, -0.05) is 20.3 Å². The molecule has 0 fully saturated rings. The average Bonchev–Trinajstić information content (AvgIpc) is 2.48. The predicted molar refractivity (Wildman–Crippen MR) is 86.6 cm³/mol. The van der Waals surface area contributed by atoms with Gasteiger partial charge >= 0.3 is 0 Å². The summed E-state index contributed by atoms with van der Waals surface area (Å²) in [6.07, 6.45) is 4.32. The van der Waals surface area contributed by atoms with E-state index in [1.54, 1.807) is 0 Å². The van der Waals surface area contributed by atoms with Crippen LogP contribution in [0.3, 0.4) is 0 Å². The highest BCUT2D eigenvalue weighted by Crippen LogP contribution is 2.22. The van der Waals surface area contributed by atoms with E-state index < -0.39 is 0 Å². The van der Waals surface area contributed by atoms with Gasteiger partial charge in [-0.2, -0.15) is 0 Å². The molecule has 6 nitrogen and oxygen atoms in total. The fraction of sp³-hybridized carbons (Fsp3) is 0.667. The molecule has 0 saturated heterocycles. The lowest BCUT2D eigenvalue weighted by Crippen LogP contribution is -2.38. The van der Waals surface area contributed by atoms with E-state index in [0.29, 0.717) is 6.54 Å². The summed E-state index contributed by atoms with van der Waals surface area (Å²) in [4.78, 5) is 20.5. The third-order valence-corrected chi connectivity index (χ3v) is 3.09. The SMILES string of the molecule is CCCNC(=O)C(C)Nc1ncnc(NCC)c1CCC. The van der Waals surface area contributed by atoms with Crippen molar-refractivity contribution in [2.24, 2.45) is 0 Å². The first-order valence-corrected chi connectivity index (χ1v) is 7.75. The normalized spacial score (nSPS) is 11.8. The maximum Gasteiger partial charge on any atom is 0.242 e. The molecule has 0 aliphatic carbocycles. The molecule has 1 unspecified atom stereocenters. The number of hydrogen-bond donors (Lipinski definition) is 3. The second kappa shape index (κ2) is 9.15. The van der Waals surface area contributed by atoms with Gasteiger partial charge < -0.3 is 16.0 Å². The summed E-state index contributed by atoms with van der Waals surface area (Å²) < 4.78 is 0. The van der Waals surface area contributed by atoms with Gasteiger partial charge in [-0.05, 0) is 26.7 Å². The van der Waals surface area contributed by atoms with Crippen LogP contribution >= 0.6 is 0 Å². The molecule has 0 bridgehead atoms. The Morgan fingerprint density at radius 3 is 2.52 bits per heavy atom. The Morgan fingerprint density at radius 2 is 1.90 bits per heavy atom. The van der Waals surface area contributed by atoms with E-state index in [1.807, 2.05) is 20.8 Å². The fourth-order valence-electron chi connectivity index (χ4n) is 2.02. The molecular formula is C15H27N5O. The topological polar surface area (TPSA) is 78.9 Å². The zero-order chi connectivity index (χ0) is 15.7. The van der Waals surface area contributed by atoms with Gasteiger partial charge in [0.15, 0.2) is 0 Å². The summed E-state index contributed by atoms with van der Waals surface area (Å²) in [5, 5.41) is 9.33. The number of hydrogen-bond acceptors (Lipinski definition) is 5. The lowest BCUT2D eigenvalue weighted by molar-refractivity contribution is -0.121. The molecule has 1 rings (SSSR count). The molecule has 1 heterocycles. The quantitative estimate of drug-likeness (QED) is 0.650. The third-order valence-electron chi connectivity index (χ3n) is 3.09. The van der Waals surface area contributed by atoms with Gasteiger partial charge in [0.25, 0.3) is 0 Å². The number of amides is 1. The van der Waals surface area contributed by atoms with Crippen molar-refractivity contribution in [2.75, 3.05) is 23.7 Å². The van der Waals surface area contributed by atoms with E-state index in [1.165, 1.54) is 6.33 Å². The molecule has 0 aliphatic heterocycles. The number of anilines is 2. The van der Waals surface area contributed by atoms with E-state index >= 15 is 0 Å². The maximum absolute atomic E-state index is 12.0. The molecule has 1 aromatic heterocycles. The van der Waals surface area contributed by atoms with Crippen LogP contribution in [0, 0.1) is 0 Å². The van der Waals surface area contributed by atoms with Gasteiger partial charge in [-0.3, -0.25) is 4.79 Å². The van der Waals surface area contributed by atoms with Crippen molar-refractivity contribution in [3.63, 3.8) is 0 Å². The van der Waals surface area contributed by atoms with Gasteiger partial charge in [0.1, 0.15) is 24.0 Å². The smallest absolute Gasteiger partial charge is 0.242 e. The van der Waals surface area contributed by atoms with Crippen molar-refractivity contribution in [2.45, 2.75) is 53.0 Å². The Hall–Kier alpha value is -1.85. The molecule has 3 N–H and O–H groups in total. The molecular weight excluding hydrogens is 266 g/mol. The van der Waals surface area contributed by atoms with Gasteiger partial charge in [0, 0.05) is 18.7 Å². The van der Waals surface area contributed by atoms with E-state index in [9.17, 15) is 4.79 Å². The molecule has 0 radical (unpaired) electrons. The molecule has 21 heavy (non-hydrogen) atoms. The molecule has 1 atom stereocenters. The number of rotatable bonds is 9. The summed E-state index contributed by atoms with van der Waals surface area (Å²) in [6, 6.07) is -0.323. The Labute approximate surface area is 127 Å². The van der Waals surface area contributed by atoms with Crippen LogP contribution in [0.25, 0.3) is 0 Å². The fourth-order valence-corrected chi connectivity index (χ4v) is 2.02. The summed E-state index contributed by atoms with van der Waals surface area (Å²) in [5.41, 5.74) is 1.04. The highest BCUT2D eigenvalue weighted by atomic mass is 16.2. The summed E-state index contributed by atoms with van der Waals surface area (Å²) in [6.45, 7) is 9.52. The lowest BCUT2D eigenvalue weighted by Gasteiger charge is -2.18. The summed E-state index contributed by atoms with van der Waals surface area (Å²) in [7, 11) is 0. The van der Waals surface area contributed by atoms with Crippen LogP contribution in [-0.4, -0.2) is 35.0 Å². The van der Waals surface area contributed by atoms with Crippen LogP contribution in [0.15, 0.2) is 6.33 Å². The molecule has 0 saturated carbocycles. The minimum absolute atomic E-state index is 0.0112. The minimum atomic E-state index is -0.323. The number of nitrogens with one attached hydrogen (secondary N) is 3. The summed E-state index contributed by atoms with van der Waals surface area (Å²) >= 11 is 0. The van der Waals surface area contributed by atoms with E-state index in [-0.39, 0.29) is 11.9 Å². The molecule has 0 aliphatic rings. The van der Waals surface area contributed by atoms with Crippen molar-refractivity contribution in [3.8, 4) is 0 Å². The monoisotopic (exact) mass is 293 g/mol. The predicted octanol–water partition coefficient (Wildman–Crippen LogP) is 2.19. The number of aromatic nitrogens is 2. The Bertz CT molecular complexity index is 450. The van der Waals surface area contributed by atoms with Crippen LogP contribution in [0.4, 0.5) is 11.6 Å². The number of carbonyl (C=O) groups excluding carboxylic acids is 1. The van der Waals surface area contributed by atoms with Crippen LogP contribution < -0.4 is 16.0 Å². The van der Waals surface area contributed by atoms with Gasteiger partial charge in [0.05, 0.1) is 0 Å². The Kier molecular flexibility index (Phi) is 7.50. The minimum Gasteiger partial charge on any atom is -0.370 e. The Morgan fingerprint density at radius 1 is 1.19 bits per heavy atom. The van der Waals surface area contributed by atoms with Crippen LogP contribution in [-0.2, 0) is 11.2 Å². The largest absolute Gasteiger partial charge is 0.370 e. The highest BCUT2D eigenvalue weighted by molar-refractivity contribution is 5.84. The van der Waals surface area contributed by atoms with Gasteiger partial charge in [0.2, 0.25) is 5.91 Å². The Balaban J connectivity index is 2.85. The van der Waals surface area contributed by atoms with Crippen molar-refractivity contribution in [3.05, 3.63) is 11.9 Å². The van der Waals surface area contributed by atoms with Gasteiger partial charge in [-0.15, -0.1) is 0 Å². The van der Waals surface area contributed by atoms with Crippen molar-refractivity contribution >= 4 is 17.5 Å². The van der Waals surface area contributed by atoms with Crippen LogP contribution in [0.2, 0.25) is 0 Å². The van der Waals surface area contributed by atoms with Crippen LogP contribution in [0.1, 0.15) is 46.1 Å². The average molecular weight is 293 g/mol. The van der Waals surface area contributed by atoms with Crippen molar-refractivity contribution in [1.82, 2.24) is 15.3 Å². The molecule has 1 aromatic rings. The second-order valence-electron chi connectivity index (χ2n) is 4.99. The first-order chi connectivity index (χ1) is 10.1. The molecule has 0 aromatic carbocycles. The molecule has 118 valence electrons. The van der Waals surface area contributed by atoms with E-state index in [0.717, 1.165) is 43.0 Å². The molecule has 1 amide bonds. The summed E-state index contributed by atoms with van der Waals surface area (Å²) in [5.74, 6) is 1.57. The maximum atomic E-state index is 12.0. The zero-order valence-electron chi connectivity index (χ0n) is 13.5. The second-order valence-corrected chi connectivity index (χ2v) is 4.99. The third kappa shape index (κ3) is 5.21. The van der Waals surface area contributed by atoms with Crippen molar-refractivity contribution in [1.29, 1.82) is 0 Å². The number of nitrogens with zero attached hydrogens (tertiary/aromatic N) is 2. The standard InChI is InChI=1S/C15H27N5O/c1-5-8-12-13(16-7-3)18-10-19-14(12)20-11(4)15(21)17-9-6-2/h10-11H,5-9H2,1-4H3,(H,17,21)(H2,16,18,19,20). The van der Waals surface area contributed by atoms with Gasteiger partial charge in [-0.25, -0.2) is 9.97 Å². The van der Waals surface area contributed by atoms with E-state index in [4.69, 9.17) is 0 Å².